The number of Topliss-reactive ketones (excluding diaryl/α,β-unsaturated/α-hetero) is 1. The van der Waals surface area contributed by atoms with Crippen molar-refractivity contribution in [2.45, 2.75) is 17.9 Å². The van der Waals surface area contributed by atoms with Gasteiger partial charge in [-0.05, 0) is 60.7 Å². The molecular formula is C28H18Cl2F2N2O4S. The molecular weight excluding hydrogens is 569 g/mol. The highest BCUT2D eigenvalue weighted by Gasteiger charge is 2.31. The molecule has 1 aliphatic carbocycles. The Balaban J connectivity index is 1.76. The van der Waals surface area contributed by atoms with Crippen LogP contribution in [0, 0.1) is 11.6 Å². The monoisotopic (exact) mass is 586 g/mol. The lowest BCUT2D eigenvalue weighted by Crippen LogP contribution is -2.33. The highest BCUT2D eigenvalue weighted by Crippen LogP contribution is 2.36. The van der Waals surface area contributed by atoms with Crippen molar-refractivity contribution in [1.29, 1.82) is 0 Å². The van der Waals surface area contributed by atoms with Crippen LogP contribution in [0.5, 0.6) is 0 Å². The summed E-state index contributed by atoms with van der Waals surface area (Å²) in [6, 6.07) is 12.7. The number of allylic oxidation sites excluding steroid dienone is 4. The molecule has 6 nitrogen and oxygen atoms in total. The molecule has 11 heteroatoms. The van der Waals surface area contributed by atoms with Crippen LogP contribution in [0.1, 0.15) is 28.0 Å². The van der Waals surface area contributed by atoms with Gasteiger partial charge in [0.05, 0.1) is 11.4 Å². The van der Waals surface area contributed by atoms with Gasteiger partial charge >= 0.3 is 0 Å². The summed E-state index contributed by atoms with van der Waals surface area (Å²) < 4.78 is 58.4. The number of rotatable bonds is 6. The van der Waals surface area contributed by atoms with Crippen LogP contribution < -0.4 is 4.72 Å². The maximum Gasteiger partial charge on any atom is 0.282 e. The van der Waals surface area contributed by atoms with Gasteiger partial charge in [0.15, 0.2) is 5.78 Å². The summed E-state index contributed by atoms with van der Waals surface area (Å²) in [6.45, 7) is -0.344. The Hall–Kier alpha value is -3.79. The SMILES string of the molecule is O=C1CC=CC=C1c1c(C(=O)NS(=O)(=O)c2ccc(Cl)cc2)n(Cc2cc(F)ccc2F)c2ccc(Cl)cc12. The van der Waals surface area contributed by atoms with Gasteiger partial charge in [0, 0.05) is 44.1 Å². The fourth-order valence-corrected chi connectivity index (χ4v) is 5.69. The first-order valence-corrected chi connectivity index (χ1v) is 13.8. The van der Waals surface area contributed by atoms with E-state index < -0.39 is 27.6 Å². The minimum absolute atomic E-state index is 0.0573. The number of hydrogen-bond donors (Lipinski definition) is 1. The largest absolute Gasteiger partial charge is 0.331 e. The number of hydrogen-bond acceptors (Lipinski definition) is 4. The van der Waals surface area contributed by atoms with Gasteiger partial charge in [-0.25, -0.2) is 21.9 Å². The van der Waals surface area contributed by atoms with Gasteiger partial charge in [-0.2, -0.15) is 0 Å². The smallest absolute Gasteiger partial charge is 0.282 e. The van der Waals surface area contributed by atoms with Crippen LogP contribution in [-0.2, 0) is 21.4 Å². The number of carbonyl (C=O) groups is 2. The molecule has 0 atom stereocenters. The van der Waals surface area contributed by atoms with E-state index in [1.165, 1.54) is 47.0 Å². The highest BCUT2D eigenvalue weighted by molar-refractivity contribution is 7.90. The topological polar surface area (TPSA) is 85.2 Å². The van der Waals surface area contributed by atoms with E-state index in [-0.39, 0.29) is 51.1 Å². The Morgan fingerprint density at radius 1 is 0.974 bits per heavy atom. The molecule has 1 heterocycles. The minimum Gasteiger partial charge on any atom is -0.331 e. The molecule has 5 rings (SSSR count). The lowest BCUT2D eigenvalue weighted by molar-refractivity contribution is -0.113. The average molecular weight is 587 g/mol. The van der Waals surface area contributed by atoms with E-state index in [1.54, 1.807) is 18.2 Å². The van der Waals surface area contributed by atoms with Gasteiger partial charge < -0.3 is 4.57 Å². The molecule has 4 aromatic rings. The van der Waals surface area contributed by atoms with Crippen LogP contribution in [0.25, 0.3) is 16.5 Å². The van der Waals surface area contributed by atoms with Crippen LogP contribution in [0.4, 0.5) is 8.78 Å². The van der Waals surface area contributed by atoms with E-state index in [2.05, 4.69) is 0 Å². The molecule has 0 saturated heterocycles. The number of nitrogens with one attached hydrogen (secondary N) is 1. The average Bonchev–Trinajstić information content (AvgIpc) is 3.19. The number of nitrogens with zero attached hydrogens (tertiary/aromatic N) is 1. The first-order chi connectivity index (χ1) is 18.5. The van der Waals surface area contributed by atoms with Crippen LogP contribution in [0.3, 0.4) is 0 Å². The summed E-state index contributed by atoms with van der Waals surface area (Å²) in [6.07, 6.45) is 4.86. The van der Waals surface area contributed by atoms with Gasteiger partial charge in [0.25, 0.3) is 15.9 Å². The fraction of sp³-hybridized carbons (Fsp3) is 0.0714. The first-order valence-electron chi connectivity index (χ1n) is 11.5. The summed E-state index contributed by atoms with van der Waals surface area (Å²) >= 11 is 12.1. The molecule has 198 valence electrons. The summed E-state index contributed by atoms with van der Waals surface area (Å²) in [7, 11) is -4.39. The van der Waals surface area contributed by atoms with E-state index >= 15 is 0 Å². The summed E-state index contributed by atoms with van der Waals surface area (Å²) in [5, 5.41) is 0.953. The maximum atomic E-state index is 14.7. The standard InChI is InChI=1S/C28H18Cl2F2N2O4S/c29-17-5-9-20(10-6-17)39(37,38)33-28(36)27-26(21-3-1-2-4-25(21)35)22-14-18(30)7-12-24(22)34(27)15-16-13-19(31)8-11-23(16)32/h1-3,5-14H,4,15H2,(H,33,36). The Morgan fingerprint density at radius 3 is 2.41 bits per heavy atom. The van der Waals surface area contributed by atoms with Gasteiger partial charge in [-0.1, -0.05) is 41.4 Å². The highest BCUT2D eigenvalue weighted by atomic mass is 35.5. The van der Waals surface area contributed by atoms with Gasteiger partial charge in [0.2, 0.25) is 0 Å². The van der Waals surface area contributed by atoms with Gasteiger partial charge in [-0.3, -0.25) is 9.59 Å². The molecule has 1 N–H and O–H groups in total. The number of aromatic nitrogens is 1. The Labute approximate surface area is 232 Å². The van der Waals surface area contributed by atoms with E-state index in [4.69, 9.17) is 23.2 Å². The number of fused-ring (bicyclic) bond motifs is 1. The number of sulfonamides is 1. The Kier molecular flexibility index (Phi) is 7.15. The molecule has 0 fully saturated rings. The predicted octanol–water partition coefficient (Wildman–Crippen LogP) is 6.31. The summed E-state index contributed by atoms with van der Waals surface area (Å²) in [5.41, 5.74) is 0.310. The molecule has 0 bridgehead atoms. The van der Waals surface area contributed by atoms with E-state index in [9.17, 15) is 26.8 Å². The van der Waals surface area contributed by atoms with Gasteiger partial charge in [-0.15, -0.1) is 0 Å². The molecule has 0 saturated carbocycles. The summed E-state index contributed by atoms with van der Waals surface area (Å²) in [5.74, 6) is -2.82. The summed E-state index contributed by atoms with van der Waals surface area (Å²) in [4.78, 5) is 26.5. The quantitative estimate of drug-likeness (QED) is 0.287. The number of ketones is 1. The van der Waals surface area contributed by atoms with Crippen molar-refractivity contribution in [1.82, 2.24) is 9.29 Å². The van der Waals surface area contributed by atoms with Crippen molar-refractivity contribution in [3.8, 4) is 0 Å². The lowest BCUT2D eigenvalue weighted by atomic mass is 9.93. The normalized spacial score (nSPS) is 13.5. The van der Waals surface area contributed by atoms with Crippen molar-refractivity contribution >= 4 is 61.4 Å². The zero-order valence-electron chi connectivity index (χ0n) is 19.9. The molecule has 1 aromatic heterocycles. The van der Waals surface area contributed by atoms with E-state index in [0.717, 1.165) is 18.2 Å². The molecule has 0 unspecified atom stereocenters. The number of benzene rings is 3. The van der Waals surface area contributed by atoms with E-state index in [1.807, 2.05) is 4.72 Å². The third-order valence-corrected chi connectivity index (χ3v) is 8.03. The predicted molar refractivity (Wildman–Crippen MR) is 145 cm³/mol. The van der Waals surface area contributed by atoms with Crippen molar-refractivity contribution in [3.05, 3.63) is 117 Å². The fourth-order valence-electron chi connectivity index (χ4n) is 4.44. The zero-order valence-corrected chi connectivity index (χ0v) is 22.2. The molecule has 3 aromatic carbocycles. The van der Waals surface area contributed by atoms with Gasteiger partial charge in [0.1, 0.15) is 17.3 Å². The number of halogens is 4. The zero-order chi connectivity index (χ0) is 27.9. The van der Waals surface area contributed by atoms with Crippen molar-refractivity contribution in [2.75, 3.05) is 0 Å². The number of carbonyl (C=O) groups excluding carboxylic acids is 2. The van der Waals surface area contributed by atoms with Crippen molar-refractivity contribution in [3.63, 3.8) is 0 Å². The second kappa shape index (κ2) is 10.4. The van der Waals surface area contributed by atoms with E-state index in [0.29, 0.717) is 15.9 Å². The third-order valence-electron chi connectivity index (χ3n) is 6.20. The molecule has 1 aliphatic rings. The van der Waals surface area contributed by atoms with Crippen LogP contribution in [0.15, 0.2) is 83.8 Å². The second-order valence-corrected chi connectivity index (χ2v) is 11.3. The van der Waals surface area contributed by atoms with Crippen molar-refractivity contribution in [2.24, 2.45) is 0 Å². The Morgan fingerprint density at radius 2 is 1.69 bits per heavy atom. The molecule has 0 radical (unpaired) electrons. The minimum atomic E-state index is -4.39. The molecule has 0 spiro atoms. The molecule has 1 amide bonds. The lowest BCUT2D eigenvalue weighted by Gasteiger charge is -2.15. The molecule has 39 heavy (non-hydrogen) atoms. The van der Waals surface area contributed by atoms with Crippen LogP contribution in [-0.4, -0.2) is 24.7 Å². The number of amides is 1. The maximum absolute atomic E-state index is 14.7. The third kappa shape index (κ3) is 5.25. The second-order valence-electron chi connectivity index (χ2n) is 8.73. The Bertz CT molecular complexity index is 1830. The van der Waals surface area contributed by atoms with Crippen LogP contribution in [0.2, 0.25) is 10.0 Å². The first kappa shape index (κ1) is 26.8. The van der Waals surface area contributed by atoms with Crippen molar-refractivity contribution < 1.29 is 26.8 Å². The van der Waals surface area contributed by atoms with Crippen LogP contribution >= 0.6 is 23.2 Å². The molecule has 0 aliphatic heterocycles.